The van der Waals surface area contributed by atoms with Crippen LogP contribution in [0.25, 0.3) is 0 Å². The van der Waals surface area contributed by atoms with Gasteiger partial charge in [0.15, 0.2) is 0 Å². The van der Waals surface area contributed by atoms with E-state index in [1.54, 1.807) is 19.1 Å². The first kappa shape index (κ1) is 7.06. The number of ketones is 1. The first-order valence-electron chi connectivity index (χ1n) is 3.17. The van der Waals surface area contributed by atoms with E-state index in [4.69, 9.17) is 4.74 Å². The van der Waals surface area contributed by atoms with Crippen molar-refractivity contribution in [3.8, 4) is 0 Å². The number of carbonyl (C=O) groups excluding carboxylic acids is 1. The fraction of sp³-hybridized carbons (Fsp3) is 0.375. The number of Topliss-reactive ketones (excluding diaryl/α,β-unsaturated/α-hetero) is 1. The number of allylic oxidation sites excluding steroid dienone is 2. The summed E-state index contributed by atoms with van der Waals surface area (Å²) in [6, 6.07) is 0. The Kier molecular flexibility index (Phi) is 1.62. The molecule has 0 atom stereocenters. The lowest BCUT2D eigenvalue weighted by Gasteiger charge is -2.19. The maximum atomic E-state index is 11.0. The summed E-state index contributed by atoms with van der Waals surface area (Å²) in [5, 5.41) is 0. The molecule has 0 aromatic carbocycles. The first-order valence-corrected chi connectivity index (χ1v) is 3.17. The summed E-state index contributed by atoms with van der Waals surface area (Å²) >= 11 is 0. The highest BCUT2D eigenvalue weighted by Crippen LogP contribution is 2.24. The normalized spacial score (nSPS) is 20.2. The average Bonchev–Trinajstić information content (AvgIpc) is 1.89. The molecule has 0 amide bonds. The van der Waals surface area contributed by atoms with Crippen LogP contribution in [0.5, 0.6) is 0 Å². The number of hydrogen-bond acceptors (Lipinski definition) is 2. The summed E-state index contributed by atoms with van der Waals surface area (Å²) < 4.78 is 4.80. The van der Waals surface area contributed by atoms with E-state index in [0.29, 0.717) is 0 Å². The van der Waals surface area contributed by atoms with E-state index in [1.807, 2.05) is 6.92 Å². The molecule has 0 aromatic heterocycles. The van der Waals surface area contributed by atoms with Gasteiger partial charge in [0.1, 0.15) is 5.78 Å². The summed E-state index contributed by atoms with van der Waals surface area (Å²) in [6.45, 7) is 3.42. The smallest absolute Gasteiger partial charge is 0.143 e. The van der Waals surface area contributed by atoms with Crippen LogP contribution in [0.15, 0.2) is 24.7 Å². The zero-order valence-corrected chi connectivity index (χ0v) is 6.13. The molecule has 0 unspecified atom stereocenters. The summed E-state index contributed by atoms with van der Waals surface area (Å²) in [4.78, 5) is 11.0. The SMILES string of the molecule is CC(=O)C1(C)C=COC=C1. The predicted molar refractivity (Wildman–Crippen MR) is 38.2 cm³/mol. The van der Waals surface area contributed by atoms with Gasteiger partial charge in [0, 0.05) is 0 Å². The van der Waals surface area contributed by atoms with E-state index in [1.165, 1.54) is 12.5 Å². The molecule has 0 aliphatic carbocycles. The van der Waals surface area contributed by atoms with Crippen molar-refractivity contribution in [3.05, 3.63) is 24.7 Å². The van der Waals surface area contributed by atoms with Gasteiger partial charge < -0.3 is 4.74 Å². The van der Waals surface area contributed by atoms with Gasteiger partial charge in [-0.2, -0.15) is 0 Å². The molecule has 2 heteroatoms. The predicted octanol–water partition coefficient (Wildman–Crippen LogP) is 1.64. The number of hydrogen-bond donors (Lipinski definition) is 0. The van der Waals surface area contributed by atoms with Crippen LogP contribution in [-0.4, -0.2) is 5.78 Å². The molecule has 0 saturated carbocycles. The van der Waals surface area contributed by atoms with Gasteiger partial charge in [0.25, 0.3) is 0 Å². The van der Waals surface area contributed by atoms with Crippen LogP contribution in [0.4, 0.5) is 0 Å². The molecule has 1 aliphatic rings. The van der Waals surface area contributed by atoms with Crippen LogP contribution in [-0.2, 0) is 9.53 Å². The van der Waals surface area contributed by atoms with Crippen LogP contribution in [0, 0.1) is 5.41 Å². The molecule has 2 nitrogen and oxygen atoms in total. The Hall–Kier alpha value is -1.05. The van der Waals surface area contributed by atoms with Gasteiger partial charge in [-0.15, -0.1) is 0 Å². The lowest BCUT2D eigenvalue weighted by atomic mass is 9.86. The van der Waals surface area contributed by atoms with Crippen molar-refractivity contribution >= 4 is 5.78 Å². The molecule has 0 aromatic rings. The Balaban J connectivity index is 2.85. The Morgan fingerprint density at radius 1 is 1.40 bits per heavy atom. The molecule has 54 valence electrons. The third kappa shape index (κ3) is 1.10. The van der Waals surface area contributed by atoms with Crippen LogP contribution >= 0.6 is 0 Å². The maximum Gasteiger partial charge on any atom is 0.143 e. The van der Waals surface area contributed by atoms with Crippen molar-refractivity contribution in [2.75, 3.05) is 0 Å². The minimum absolute atomic E-state index is 0.128. The average molecular weight is 138 g/mol. The number of carbonyl (C=O) groups is 1. The fourth-order valence-electron chi connectivity index (χ4n) is 0.697. The highest BCUT2D eigenvalue weighted by molar-refractivity contribution is 5.86. The van der Waals surface area contributed by atoms with E-state index in [-0.39, 0.29) is 5.78 Å². The molecule has 0 fully saturated rings. The van der Waals surface area contributed by atoms with E-state index < -0.39 is 5.41 Å². The second-order valence-corrected chi connectivity index (χ2v) is 2.58. The summed E-state index contributed by atoms with van der Waals surface area (Å²) in [7, 11) is 0. The van der Waals surface area contributed by atoms with Crippen LogP contribution in [0.2, 0.25) is 0 Å². The molecular weight excluding hydrogens is 128 g/mol. The molecule has 0 radical (unpaired) electrons. The minimum atomic E-state index is -0.446. The number of ether oxygens (including phenoxy) is 1. The molecular formula is C8H10O2. The second kappa shape index (κ2) is 2.29. The van der Waals surface area contributed by atoms with E-state index in [2.05, 4.69) is 0 Å². The lowest BCUT2D eigenvalue weighted by molar-refractivity contribution is -0.121. The fourth-order valence-corrected chi connectivity index (χ4v) is 0.697. The second-order valence-electron chi connectivity index (χ2n) is 2.58. The van der Waals surface area contributed by atoms with Gasteiger partial charge >= 0.3 is 0 Å². The Bertz CT molecular complexity index is 189. The highest BCUT2D eigenvalue weighted by atomic mass is 16.5. The van der Waals surface area contributed by atoms with Crippen molar-refractivity contribution in [1.29, 1.82) is 0 Å². The molecule has 1 heterocycles. The van der Waals surface area contributed by atoms with Crippen LogP contribution in [0.3, 0.4) is 0 Å². The van der Waals surface area contributed by atoms with E-state index in [0.717, 1.165) is 0 Å². The van der Waals surface area contributed by atoms with Crippen molar-refractivity contribution in [2.45, 2.75) is 13.8 Å². The topological polar surface area (TPSA) is 26.3 Å². The van der Waals surface area contributed by atoms with Gasteiger partial charge in [-0.3, -0.25) is 4.79 Å². The monoisotopic (exact) mass is 138 g/mol. The van der Waals surface area contributed by atoms with Gasteiger partial charge in [-0.05, 0) is 26.0 Å². The Labute approximate surface area is 60.2 Å². The van der Waals surface area contributed by atoms with E-state index in [9.17, 15) is 4.79 Å². The summed E-state index contributed by atoms with van der Waals surface area (Å²) in [5.74, 6) is 0.128. The van der Waals surface area contributed by atoms with Crippen LogP contribution in [0.1, 0.15) is 13.8 Å². The quantitative estimate of drug-likeness (QED) is 0.550. The van der Waals surface area contributed by atoms with E-state index >= 15 is 0 Å². The summed E-state index contributed by atoms with van der Waals surface area (Å²) in [6.07, 6.45) is 6.55. The molecule has 0 spiro atoms. The molecule has 0 saturated heterocycles. The third-order valence-corrected chi connectivity index (χ3v) is 1.74. The van der Waals surface area contributed by atoms with Crippen molar-refractivity contribution in [3.63, 3.8) is 0 Å². The largest absolute Gasteiger partial charge is 0.473 e. The van der Waals surface area contributed by atoms with Crippen molar-refractivity contribution in [2.24, 2.45) is 5.41 Å². The molecule has 0 bridgehead atoms. The first-order chi connectivity index (χ1) is 4.65. The zero-order valence-electron chi connectivity index (χ0n) is 6.13. The Morgan fingerprint density at radius 3 is 2.20 bits per heavy atom. The molecule has 0 N–H and O–H groups in total. The summed E-state index contributed by atoms with van der Waals surface area (Å²) in [5.41, 5.74) is -0.446. The van der Waals surface area contributed by atoms with Gasteiger partial charge in [0.2, 0.25) is 0 Å². The third-order valence-electron chi connectivity index (χ3n) is 1.74. The van der Waals surface area contributed by atoms with Crippen molar-refractivity contribution < 1.29 is 9.53 Å². The Morgan fingerprint density at radius 2 is 1.90 bits per heavy atom. The molecule has 10 heavy (non-hydrogen) atoms. The van der Waals surface area contributed by atoms with Gasteiger partial charge in [-0.25, -0.2) is 0 Å². The molecule has 1 rings (SSSR count). The van der Waals surface area contributed by atoms with Gasteiger partial charge in [-0.1, -0.05) is 0 Å². The maximum absolute atomic E-state index is 11.0. The van der Waals surface area contributed by atoms with Crippen LogP contribution < -0.4 is 0 Å². The number of rotatable bonds is 1. The molecule has 1 aliphatic heterocycles. The lowest BCUT2D eigenvalue weighted by Crippen LogP contribution is -2.21. The zero-order chi connectivity index (χ0) is 7.61. The standard InChI is InChI=1S/C8H10O2/c1-7(9)8(2)3-5-10-6-4-8/h3-6H,1-2H3. The minimum Gasteiger partial charge on any atom is -0.473 e. The highest BCUT2D eigenvalue weighted by Gasteiger charge is 2.24. The van der Waals surface area contributed by atoms with Crippen molar-refractivity contribution in [1.82, 2.24) is 0 Å². The van der Waals surface area contributed by atoms with Gasteiger partial charge in [0.05, 0.1) is 17.9 Å².